The van der Waals surface area contributed by atoms with Crippen molar-refractivity contribution in [1.29, 1.82) is 0 Å². The number of phenolic OH excluding ortho intramolecular Hbond substituents is 1. The van der Waals surface area contributed by atoms with Crippen LogP contribution in [0.25, 0.3) is 0 Å². The predicted octanol–water partition coefficient (Wildman–Crippen LogP) is 2.50. The van der Waals surface area contributed by atoms with E-state index >= 15 is 0 Å². The lowest BCUT2D eigenvalue weighted by molar-refractivity contribution is 0.474. The molecule has 1 heteroatoms. The summed E-state index contributed by atoms with van der Waals surface area (Å²) in [7, 11) is 0. The topological polar surface area (TPSA) is 20.2 Å². The fourth-order valence-corrected chi connectivity index (χ4v) is 0.913. The third-order valence-electron chi connectivity index (χ3n) is 1.65. The molecule has 0 saturated heterocycles. The second-order valence-electron chi connectivity index (χ2n) is 3.43. The van der Waals surface area contributed by atoms with Gasteiger partial charge in [-0.25, -0.2) is 0 Å². The van der Waals surface area contributed by atoms with Crippen LogP contribution in [-0.2, 0) is 5.41 Å². The van der Waals surface area contributed by atoms with Crippen LogP contribution in [0, 0.1) is 6.92 Å². The lowest BCUT2D eigenvalue weighted by Crippen LogP contribution is -2.10. The van der Waals surface area contributed by atoms with Crippen LogP contribution >= 0.6 is 0 Å². The van der Waals surface area contributed by atoms with Gasteiger partial charge in [0.25, 0.3) is 0 Å². The molecule has 1 rings (SSSR count). The van der Waals surface area contributed by atoms with Gasteiger partial charge in [-0.3, -0.25) is 0 Å². The minimum Gasteiger partial charge on any atom is -0.508 e. The number of rotatable bonds is 1. The molecule has 0 spiro atoms. The summed E-state index contributed by atoms with van der Waals surface area (Å²) in [6.45, 7) is 8.07. The van der Waals surface area contributed by atoms with Crippen molar-refractivity contribution in [2.24, 2.45) is 0 Å². The molecule has 0 saturated carbocycles. The van der Waals surface area contributed by atoms with Crippen molar-refractivity contribution >= 4 is 0 Å². The maximum atomic E-state index is 9.00. The number of benzene rings is 1. The zero-order valence-corrected chi connectivity index (χ0v) is 6.96. The summed E-state index contributed by atoms with van der Waals surface area (Å²) in [5, 5.41) is 9.00. The van der Waals surface area contributed by atoms with Gasteiger partial charge in [0, 0.05) is 0 Å². The minimum atomic E-state index is -0.0757. The Morgan fingerprint density at radius 1 is 1.18 bits per heavy atom. The predicted molar refractivity (Wildman–Crippen MR) is 46.5 cm³/mol. The van der Waals surface area contributed by atoms with E-state index in [1.165, 1.54) is 0 Å². The Hall–Kier alpha value is -0.980. The van der Waals surface area contributed by atoms with E-state index in [1.54, 1.807) is 12.1 Å². The monoisotopic (exact) mass is 149 g/mol. The Morgan fingerprint density at radius 2 is 1.64 bits per heavy atom. The first-order chi connectivity index (χ1) is 5.00. The van der Waals surface area contributed by atoms with Crippen molar-refractivity contribution in [3.63, 3.8) is 0 Å². The second-order valence-corrected chi connectivity index (χ2v) is 3.43. The molecule has 11 heavy (non-hydrogen) atoms. The highest BCUT2D eigenvalue weighted by atomic mass is 16.3. The normalized spacial score (nSPS) is 11.5. The van der Waals surface area contributed by atoms with E-state index in [0.29, 0.717) is 5.75 Å². The van der Waals surface area contributed by atoms with Crippen LogP contribution in [0.5, 0.6) is 5.75 Å². The van der Waals surface area contributed by atoms with E-state index in [2.05, 4.69) is 6.92 Å². The molecule has 0 aliphatic carbocycles. The Morgan fingerprint density at radius 3 is 2.00 bits per heavy atom. The Kier molecular flexibility index (Phi) is 1.90. The molecule has 0 aliphatic rings. The average molecular weight is 149 g/mol. The van der Waals surface area contributed by atoms with Crippen LogP contribution in [0.2, 0.25) is 0 Å². The molecule has 0 aliphatic heterocycles. The smallest absolute Gasteiger partial charge is 0.115 e. The Balaban J connectivity index is 2.99. The van der Waals surface area contributed by atoms with Gasteiger partial charge in [0.15, 0.2) is 0 Å². The number of phenols is 1. The maximum Gasteiger partial charge on any atom is 0.115 e. The number of hydrogen-bond donors (Lipinski definition) is 1. The summed E-state index contributed by atoms with van der Waals surface area (Å²) >= 11 is 0. The summed E-state index contributed by atoms with van der Waals surface area (Å²) in [5.41, 5.74) is 1.06. The average Bonchev–Trinajstić information content (AvgIpc) is 1.86. The molecule has 0 heterocycles. The van der Waals surface area contributed by atoms with Crippen molar-refractivity contribution in [3.8, 4) is 5.75 Å². The van der Waals surface area contributed by atoms with E-state index in [0.717, 1.165) is 5.56 Å². The highest BCUT2D eigenvalue weighted by Gasteiger charge is 2.12. The molecule has 1 aromatic rings. The molecular weight excluding hydrogens is 136 g/mol. The van der Waals surface area contributed by atoms with Crippen LogP contribution in [0.1, 0.15) is 19.4 Å². The molecular formula is C10H13O. The van der Waals surface area contributed by atoms with Crippen LogP contribution in [0.15, 0.2) is 24.3 Å². The van der Waals surface area contributed by atoms with Gasteiger partial charge in [0.1, 0.15) is 5.75 Å². The molecule has 0 aromatic heterocycles. The first-order valence-electron chi connectivity index (χ1n) is 3.65. The Labute approximate surface area is 67.7 Å². The quantitative estimate of drug-likeness (QED) is 0.650. The van der Waals surface area contributed by atoms with Crippen LogP contribution in [0.3, 0.4) is 0 Å². The fraction of sp³-hybridized carbons (Fsp3) is 0.300. The lowest BCUT2D eigenvalue weighted by Gasteiger charge is -2.18. The summed E-state index contributed by atoms with van der Waals surface area (Å²) < 4.78 is 0. The van der Waals surface area contributed by atoms with Crippen LogP contribution in [0.4, 0.5) is 0 Å². The SMILES string of the molecule is [CH2]C(C)(C)c1ccc(O)cc1. The molecule has 1 radical (unpaired) electrons. The van der Waals surface area contributed by atoms with Crippen LogP contribution in [-0.4, -0.2) is 5.11 Å². The number of hydrogen-bond acceptors (Lipinski definition) is 1. The molecule has 1 N–H and O–H groups in total. The van der Waals surface area contributed by atoms with Gasteiger partial charge in [0.05, 0.1) is 0 Å². The molecule has 0 unspecified atom stereocenters. The van der Waals surface area contributed by atoms with Crippen molar-refractivity contribution in [2.75, 3.05) is 0 Å². The van der Waals surface area contributed by atoms with Gasteiger partial charge in [0.2, 0.25) is 0 Å². The Bertz CT molecular complexity index is 228. The van der Waals surface area contributed by atoms with E-state index in [-0.39, 0.29) is 5.41 Å². The van der Waals surface area contributed by atoms with E-state index in [1.807, 2.05) is 26.0 Å². The molecule has 0 atom stereocenters. The molecule has 0 amide bonds. The van der Waals surface area contributed by atoms with E-state index in [9.17, 15) is 0 Å². The maximum absolute atomic E-state index is 9.00. The lowest BCUT2D eigenvalue weighted by atomic mass is 9.87. The molecule has 0 bridgehead atoms. The first kappa shape index (κ1) is 8.12. The second kappa shape index (κ2) is 2.57. The highest BCUT2D eigenvalue weighted by molar-refractivity contribution is 5.31. The van der Waals surface area contributed by atoms with Gasteiger partial charge < -0.3 is 5.11 Å². The third kappa shape index (κ3) is 1.97. The molecule has 1 aromatic carbocycles. The highest BCUT2D eigenvalue weighted by Crippen LogP contribution is 2.22. The summed E-state index contributed by atoms with van der Waals surface area (Å²) in [5.74, 6) is 0.304. The van der Waals surface area contributed by atoms with Gasteiger partial charge in [-0.2, -0.15) is 0 Å². The van der Waals surface area contributed by atoms with Crippen molar-refractivity contribution in [1.82, 2.24) is 0 Å². The third-order valence-corrected chi connectivity index (χ3v) is 1.65. The molecule has 0 fully saturated rings. The summed E-state index contributed by atoms with van der Waals surface area (Å²) in [6.07, 6.45) is 0. The van der Waals surface area contributed by atoms with Gasteiger partial charge >= 0.3 is 0 Å². The zero-order valence-electron chi connectivity index (χ0n) is 6.96. The van der Waals surface area contributed by atoms with E-state index in [4.69, 9.17) is 5.11 Å². The van der Waals surface area contributed by atoms with Crippen molar-refractivity contribution in [3.05, 3.63) is 36.8 Å². The summed E-state index contributed by atoms with van der Waals surface area (Å²) in [6, 6.07) is 7.15. The zero-order chi connectivity index (χ0) is 8.48. The molecule has 1 nitrogen and oxygen atoms in total. The van der Waals surface area contributed by atoms with Gasteiger partial charge in [-0.05, 0) is 30.0 Å². The molecule has 59 valence electrons. The standard InChI is InChI=1S/C10H13O/c1-10(2,3)8-4-6-9(11)7-5-8/h4-7,11H,1H2,2-3H3. The van der Waals surface area contributed by atoms with Crippen LogP contribution < -0.4 is 0 Å². The largest absolute Gasteiger partial charge is 0.508 e. The minimum absolute atomic E-state index is 0.0757. The van der Waals surface area contributed by atoms with E-state index < -0.39 is 0 Å². The van der Waals surface area contributed by atoms with Crippen molar-refractivity contribution in [2.45, 2.75) is 19.3 Å². The van der Waals surface area contributed by atoms with Gasteiger partial charge in [-0.1, -0.05) is 26.0 Å². The summed E-state index contributed by atoms with van der Waals surface area (Å²) in [4.78, 5) is 0. The number of aromatic hydroxyl groups is 1. The fourth-order valence-electron chi connectivity index (χ4n) is 0.913. The first-order valence-corrected chi connectivity index (χ1v) is 3.65. The van der Waals surface area contributed by atoms with Crippen molar-refractivity contribution < 1.29 is 5.11 Å². The van der Waals surface area contributed by atoms with Gasteiger partial charge in [-0.15, -0.1) is 0 Å².